The zero-order valence-electron chi connectivity index (χ0n) is 12.4. The van der Waals surface area contributed by atoms with Crippen LogP contribution in [-0.2, 0) is 0 Å². The Bertz CT molecular complexity index is 635. The SMILES string of the molecule is O=C(c1cc(-c2ccco2)[nH]n1)N1CC[C@@H]2CNC[C@@H]2CC1. The number of nitrogens with zero attached hydrogens (tertiary/aromatic N) is 2. The number of aromatic nitrogens is 2. The van der Waals surface area contributed by atoms with Crippen LogP contribution in [0.4, 0.5) is 0 Å². The molecule has 2 aromatic rings. The van der Waals surface area contributed by atoms with Crippen LogP contribution in [0, 0.1) is 11.8 Å². The maximum atomic E-state index is 12.7. The molecular weight excluding hydrogens is 280 g/mol. The summed E-state index contributed by atoms with van der Waals surface area (Å²) in [4.78, 5) is 14.6. The molecule has 1 amide bonds. The normalized spacial score (nSPS) is 25.0. The standard InChI is InChI=1S/C16H20N4O2/c21-16(14-8-13(18-19-14)15-2-1-7-22-15)20-5-3-11-9-17-10-12(11)4-6-20/h1-2,7-8,11-12,17H,3-6,9-10H2,(H,18,19)/t11-,12+. The summed E-state index contributed by atoms with van der Waals surface area (Å²) in [5.41, 5.74) is 1.21. The third kappa shape index (κ3) is 2.43. The first-order valence-electron chi connectivity index (χ1n) is 7.90. The smallest absolute Gasteiger partial charge is 0.274 e. The van der Waals surface area contributed by atoms with E-state index in [0.717, 1.165) is 56.6 Å². The summed E-state index contributed by atoms with van der Waals surface area (Å²) >= 11 is 0. The zero-order valence-corrected chi connectivity index (χ0v) is 12.4. The van der Waals surface area contributed by atoms with E-state index in [2.05, 4.69) is 15.5 Å². The fourth-order valence-corrected chi connectivity index (χ4v) is 3.57. The largest absolute Gasteiger partial charge is 0.463 e. The lowest BCUT2D eigenvalue weighted by atomic mass is 9.92. The van der Waals surface area contributed by atoms with Crippen molar-refractivity contribution in [3.63, 3.8) is 0 Å². The van der Waals surface area contributed by atoms with Gasteiger partial charge in [-0.1, -0.05) is 0 Å². The number of furan rings is 1. The van der Waals surface area contributed by atoms with E-state index in [1.54, 1.807) is 12.3 Å². The number of fused-ring (bicyclic) bond motifs is 1. The van der Waals surface area contributed by atoms with Crippen molar-refractivity contribution < 1.29 is 9.21 Å². The minimum atomic E-state index is 0.0157. The molecule has 22 heavy (non-hydrogen) atoms. The molecule has 6 heteroatoms. The minimum Gasteiger partial charge on any atom is -0.463 e. The van der Waals surface area contributed by atoms with Crippen LogP contribution in [-0.4, -0.2) is 47.2 Å². The molecule has 0 saturated carbocycles. The minimum absolute atomic E-state index is 0.0157. The van der Waals surface area contributed by atoms with Gasteiger partial charge in [-0.25, -0.2) is 0 Å². The van der Waals surface area contributed by atoms with Crippen LogP contribution in [0.1, 0.15) is 23.3 Å². The predicted octanol–water partition coefficient (Wildman–Crippen LogP) is 1.74. The van der Waals surface area contributed by atoms with Gasteiger partial charge in [-0.15, -0.1) is 0 Å². The summed E-state index contributed by atoms with van der Waals surface area (Å²) in [7, 11) is 0. The van der Waals surface area contributed by atoms with Gasteiger partial charge >= 0.3 is 0 Å². The summed E-state index contributed by atoms with van der Waals surface area (Å²) in [6, 6.07) is 5.44. The molecule has 4 rings (SSSR count). The van der Waals surface area contributed by atoms with Gasteiger partial charge in [-0.2, -0.15) is 5.10 Å². The number of hydrogen-bond donors (Lipinski definition) is 2. The second-order valence-corrected chi connectivity index (χ2v) is 6.19. The summed E-state index contributed by atoms with van der Waals surface area (Å²) in [5, 5.41) is 10.5. The van der Waals surface area contributed by atoms with Gasteiger partial charge in [0.2, 0.25) is 0 Å². The lowest BCUT2D eigenvalue weighted by Crippen LogP contribution is -2.33. The van der Waals surface area contributed by atoms with E-state index in [1.807, 2.05) is 17.0 Å². The highest BCUT2D eigenvalue weighted by Crippen LogP contribution is 2.28. The Morgan fingerprint density at radius 2 is 2.05 bits per heavy atom. The highest BCUT2D eigenvalue weighted by molar-refractivity contribution is 5.93. The Morgan fingerprint density at radius 1 is 1.27 bits per heavy atom. The van der Waals surface area contributed by atoms with Crippen LogP contribution in [0.5, 0.6) is 0 Å². The van der Waals surface area contributed by atoms with E-state index in [-0.39, 0.29) is 5.91 Å². The van der Waals surface area contributed by atoms with Crippen molar-refractivity contribution in [2.45, 2.75) is 12.8 Å². The van der Waals surface area contributed by atoms with Crippen LogP contribution in [0.25, 0.3) is 11.5 Å². The molecule has 2 atom stereocenters. The van der Waals surface area contributed by atoms with E-state index in [4.69, 9.17) is 4.42 Å². The van der Waals surface area contributed by atoms with Crippen molar-refractivity contribution in [1.82, 2.24) is 20.4 Å². The van der Waals surface area contributed by atoms with Crippen LogP contribution in [0.3, 0.4) is 0 Å². The first kappa shape index (κ1) is 13.6. The second kappa shape index (κ2) is 5.61. The zero-order chi connectivity index (χ0) is 14.9. The first-order valence-corrected chi connectivity index (χ1v) is 7.90. The average molecular weight is 300 g/mol. The van der Waals surface area contributed by atoms with Crippen molar-refractivity contribution in [3.8, 4) is 11.5 Å². The van der Waals surface area contributed by atoms with Crippen molar-refractivity contribution in [2.24, 2.45) is 11.8 Å². The highest BCUT2D eigenvalue weighted by atomic mass is 16.3. The third-order valence-electron chi connectivity index (χ3n) is 4.89. The molecule has 2 saturated heterocycles. The van der Waals surface area contributed by atoms with Crippen LogP contribution in [0.15, 0.2) is 28.9 Å². The molecule has 0 spiro atoms. The number of amides is 1. The maximum absolute atomic E-state index is 12.7. The van der Waals surface area contributed by atoms with Gasteiger partial charge in [-0.05, 0) is 49.9 Å². The van der Waals surface area contributed by atoms with Crippen molar-refractivity contribution in [2.75, 3.05) is 26.2 Å². The number of aromatic amines is 1. The van der Waals surface area contributed by atoms with Gasteiger partial charge in [0.15, 0.2) is 11.5 Å². The van der Waals surface area contributed by atoms with Crippen molar-refractivity contribution in [1.29, 1.82) is 0 Å². The molecule has 2 aromatic heterocycles. The van der Waals surface area contributed by atoms with Crippen LogP contribution >= 0.6 is 0 Å². The molecular formula is C16H20N4O2. The summed E-state index contributed by atoms with van der Waals surface area (Å²) in [6.45, 7) is 3.84. The molecule has 2 fully saturated rings. The molecule has 0 unspecified atom stereocenters. The van der Waals surface area contributed by atoms with Crippen LogP contribution < -0.4 is 5.32 Å². The molecule has 2 N–H and O–H groups in total. The lowest BCUT2D eigenvalue weighted by Gasteiger charge is -2.19. The fraction of sp³-hybridized carbons (Fsp3) is 0.500. The Kier molecular flexibility index (Phi) is 3.46. The number of H-pyrrole nitrogens is 1. The van der Waals surface area contributed by atoms with Crippen molar-refractivity contribution in [3.05, 3.63) is 30.2 Å². The Balaban J connectivity index is 1.47. The molecule has 0 aliphatic carbocycles. The van der Waals surface area contributed by atoms with Gasteiger partial charge in [0.25, 0.3) is 5.91 Å². The Labute approximate surface area is 128 Å². The van der Waals surface area contributed by atoms with Crippen molar-refractivity contribution >= 4 is 5.91 Å². The first-order chi connectivity index (χ1) is 10.8. The van der Waals surface area contributed by atoms with Gasteiger partial charge in [0.05, 0.1) is 6.26 Å². The van der Waals surface area contributed by atoms with Gasteiger partial charge in [0, 0.05) is 19.2 Å². The lowest BCUT2D eigenvalue weighted by molar-refractivity contribution is 0.0752. The molecule has 6 nitrogen and oxygen atoms in total. The monoisotopic (exact) mass is 300 g/mol. The Morgan fingerprint density at radius 3 is 2.73 bits per heavy atom. The van der Waals surface area contributed by atoms with E-state index < -0.39 is 0 Å². The number of likely N-dealkylation sites (tertiary alicyclic amines) is 1. The van der Waals surface area contributed by atoms with Gasteiger partial charge < -0.3 is 14.6 Å². The number of carbonyl (C=O) groups is 1. The topological polar surface area (TPSA) is 74.2 Å². The molecule has 2 aliphatic heterocycles. The summed E-state index contributed by atoms with van der Waals surface area (Å²) in [5.74, 6) is 2.15. The van der Waals surface area contributed by atoms with E-state index in [0.29, 0.717) is 11.5 Å². The van der Waals surface area contributed by atoms with E-state index >= 15 is 0 Å². The molecule has 4 heterocycles. The number of carbonyl (C=O) groups excluding carboxylic acids is 1. The number of hydrogen-bond acceptors (Lipinski definition) is 4. The molecule has 0 aromatic carbocycles. The highest BCUT2D eigenvalue weighted by Gasteiger charge is 2.32. The van der Waals surface area contributed by atoms with E-state index in [9.17, 15) is 4.79 Å². The Hall–Kier alpha value is -2.08. The summed E-state index contributed by atoms with van der Waals surface area (Å²) < 4.78 is 5.33. The third-order valence-corrected chi connectivity index (χ3v) is 4.89. The number of nitrogens with one attached hydrogen (secondary N) is 2. The number of rotatable bonds is 2. The van der Waals surface area contributed by atoms with Gasteiger partial charge in [-0.3, -0.25) is 9.89 Å². The molecule has 0 radical (unpaired) electrons. The molecule has 0 bridgehead atoms. The fourth-order valence-electron chi connectivity index (χ4n) is 3.57. The second-order valence-electron chi connectivity index (χ2n) is 6.19. The van der Waals surface area contributed by atoms with E-state index in [1.165, 1.54) is 0 Å². The predicted molar refractivity (Wildman–Crippen MR) is 81.3 cm³/mol. The average Bonchev–Trinajstić information content (AvgIpc) is 3.26. The molecule has 2 aliphatic rings. The molecule has 116 valence electrons. The van der Waals surface area contributed by atoms with Crippen LogP contribution in [0.2, 0.25) is 0 Å². The van der Waals surface area contributed by atoms with Gasteiger partial charge in [0.1, 0.15) is 5.69 Å². The summed E-state index contributed by atoms with van der Waals surface area (Å²) in [6.07, 6.45) is 3.77. The quantitative estimate of drug-likeness (QED) is 0.886. The maximum Gasteiger partial charge on any atom is 0.274 e.